The lowest BCUT2D eigenvalue weighted by atomic mass is 9.98. The topological polar surface area (TPSA) is 53.4 Å². The SMILES string of the molecule is CCC1CCCN(Cc2ccc(C(=O)O)cn2)CC1. The molecule has 1 aliphatic heterocycles. The van der Waals surface area contributed by atoms with E-state index in [4.69, 9.17) is 5.11 Å². The molecular weight excluding hydrogens is 240 g/mol. The fourth-order valence-electron chi connectivity index (χ4n) is 2.66. The number of hydrogen-bond acceptors (Lipinski definition) is 3. The van der Waals surface area contributed by atoms with E-state index in [0.29, 0.717) is 0 Å². The van der Waals surface area contributed by atoms with Crippen LogP contribution in [0.25, 0.3) is 0 Å². The minimum Gasteiger partial charge on any atom is -0.478 e. The third-order valence-corrected chi connectivity index (χ3v) is 3.97. The molecule has 1 aromatic rings. The standard InChI is InChI=1S/C15H22N2O2/c1-2-12-4-3-8-17(9-7-12)11-14-6-5-13(10-16-14)15(18)19/h5-6,10,12H,2-4,7-9,11H2,1H3,(H,18,19). The quantitative estimate of drug-likeness (QED) is 0.906. The lowest BCUT2D eigenvalue weighted by Gasteiger charge is -2.19. The maximum absolute atomic E-state index is 10.8. The van der Waals surface area contributed by atoms with Gasteiger partial charge in [0.15, 0.2) is 0 Å². The predicted molar refractivity (Wildman–Crippen MR) is 74.1 cm³/mol. The highest BCUT2D eigenvalue weighted by Crippen LogP contribution is 2.21. The van der Waals surface area contributed by atoms with E-state index in [0.717, 1.165) is 31.2 Å². The number of pyridine rings is 1. The summed E-state index contributed by atoms with van der Waals surface area (Å²) in [6, 6.07) is 3.46. The first kappa shape index (κ1) is 14.0. The number of nitrogens with zero attached hydrogens (tertiary/aromatic N) is 2. The molecule has 2 heterocycles. The highest BCUT2D eigenvalue weighted by Gasteiger charge is 2.16. The molecule has 2 rings (SSSR count). The number of rotatable bonds is 4. The van der Waals surface area contributed by atoms with Gasteiger partial charge in [0, 0.05) is 12.7 Å². The molecule has 1 aliphatic rings. The second kappa shape index (κ2) is 6.66. The van der Waals surface area contributed by atoms with Crippen molar-refractivity contribution in [3.8, 4) is 0 Å². The molecule has 0 radical (unpaired) electrons. The van der Waals surface area contributed by atoms with Gasteiger partial charge in [-0.1, -0.05) is 13.3 Å². The minimum absolute atomic E-state index is 0.255. The van der Waals surface area contributed by atoms with Gasteiger partial charge in [-0.3, -0.25) is 9.88 Å². The van der Waals surface area contributed by atoms with E-state index in [1.165, 1.54) is 31.9 Å². The van der Waals surface area contributed by atoms with Crippen molar-refractivity contribution in [2.24, 2.45) is 5.92 Å². The normalized spacial score (nSPS) is 21.0. The van der Waals surface area contributed by atoms with Crippen LogP contribution in [0, 0.1) is 5.92 Å². The van der Waals surface area contributed by atoms with E-state index in [1.807, 2.05) is 6.07 Å². The average molecular weight is 262 g/mol. The summed E-state index contributed by atoms with van der Waals surface area (Å²) in [5.74, 6) is -0.0491. The van der Waals surface area contributed by atoms with Crippen LogP contribution in [0.2, 0.25) is 0 Å². The smallest absolute Gasteiger partial charge is 0.337 e. The van der Waals surface area contributed by atoms with Crippen LogP contribution >= 0.6 is 0 Å². The Morgan fingerprint density at radius 1 is 1.42 bits per heavy atom. The maximum atomic E-state index is 10.8. The van der Waals surface area contributed by atoms with Crippen molar-refractivity contribution in [2.45, 2.75) is 39.2 Å². The lowest BCUT2D eigenvalue weighted by molar-refractivity contribution is 0.0696. The lowest BCUT2D eigenvalue weighted by Crippen LogP contribution is -2.24. The Kier molecular flexibility index (Phi) is 4.91. The third-order valence-electron chi connectivity index (χ3n) is 3.97. The molecule has 0 amide bonds. The fourth-order valence-corrected chi connectivity index (χ4v) is 2.66. The van der Waals surface area contributed by atoms with E-state index < -0.39 is 5.97 Å². The van der Waals surface area contributed by atoms with Gasteiger partial charge in [0.1, 0.15) is 0 Å². The molecule has 1 fully saturated rings. The number of likely N-dealkylation sites (tertiary alicyclic amines) is 1. The summed E-state index contributed by atoms with van der Waals surface area (Å²) >= 11 is 0. The Labute approximate surface area is 114 Å². The van der Waals surface area contributed by atoms with E-state index in [1.54, 1.807) is 6.07 Å². The number of hydrogen-bond donors (Lipinski definition) is 1. The van der Waals surface area contributed by atoms with Crippen LogP contribution in [0.4, 0.5) is 0 Å². The molecule has 0 spiro atoms. The summed E-state index contributed by atoms with van der Waals surface area (Å²) in [5, 5.41) is 8.84. The van der Waals surface area contributed by atoms with E-state index in [-0.39, 0.29) is 5.56 Å². The second-order valence-electron chi connectivity index (χ2n) is 5.32. The number of carboxylic acids is 1. The largest absolute Gasteiger partial charge is 0.478 e. The summed E-state index contributed by atoms with van der Waals surface area (Å²) in [7, 11) is 0. The molecule has 19 heavy (non-hydrogen) atoms. The average Bonchev–Trinajstić information content (AvgIpc) is 2.64. The first-order valence-electron chi connectivity index (χ1n) is 7.09. The fraction of sp³-hybridized carbons (Fsp3) is 0.600. The molecule has 1 N–H and O–H groups in total. The first-order chi connectivity index (χ1) is 9.19. The van der Waals surface area contributed by atoms with Crippen LogP contribution in [0.15, 0.2) is 18.3 Å². The van der Waals surface area contributed by atoms with E-state index in [9.17, 15) is 4.79 Å². The van der Waals surface area contributed by atoms with Crippen molar-refractivity contribution in [1.82, 2.24) is 9.88 Å². The van der Waals surface area contributed by atoms with Gasteiger partial charge in [-0.05, 0) is 50.4 Å². The first-order valence-corrected chi connectivity index (χ1v) is 7.09. The van der Waals surface area contributed by atoms with Gasteiger partial charge in [-0.2, -0.15) is 0 Å². The van der Waals surface area contributed by atoms with Gasteiger partial charge in [0.05, 0.1) is 11.3 Å². The third kappa shape index (κ3) is 4.03. The molecule has 4 heteroatoms. The van der Waals surface area contributed by atoms with Crippen molar-refractivity contribution >= 4 is 5.97 Å². The monoisotopic (exact) mass is 262 g/mol. The Bertz CT molecular complexity index is 417. The number of carbonyl (C=O) groups is 1. The molecule has 1 saturated heterocycles. The van der Waals surface area contributed by atoms with Gasteiger partial charge in [0.25, 0.3) is 0 Å². The summed E-state index contributed by atoms with van der Waals surface area (Å²) < 4.78 is 0. The second-order valence-corrected chi connectivity index (χ2v) is 5.32. The van der Waals surface area contributed by atoms with Crippen LogP contribution in [0.1, 0.15) is 48.7 Å². The predicted octanol–water partition coefficient (Wildman–Crippen LogP) is 2.79. The van der Waals surface area contributed by atoms with Crippen molar-refractivity contribution in [3.63, 3.8) is 0 Å². The zero-order chi connectivity index (χ0) is 13.7. The number of aromatic nitrogens is 1. The van der Waals surface area contributed by atoms with Gasteiger partial charge in [-0.15, -0.1) is 0 Å². The van der Waals surface area contributed by atoms with Crippen molar-refractivity contribution in [2.75, 3.05) is 13.1 Å². The summed E-state index contributed by atoms with van der Waals surface area (Å²) in [6.07, 6.45) is 6.58. The van der Waals surface area contributed by atoms with Crippen molar-refractivity contribution in [3.05, 3.63) is 29.6 Å². The van der Waals surface area contributed by atoms with Crippen LogP contribution in [-0.2, 0) is 6.54 Å². The zero-order valence-electron chi connectivity index (χ0n) is 11.5. The molecule has 0 aliphatic carbocycles. The van der Waals surface area contributed by atoms with Crippen LogP contribution < -0.4 is 0 Å². The Morgan fingerprint density at radius 2 is 2.26 bits per heavy atom. The zero-order valence-corrected chi connectivity index (χ0v) is 11.5. The highest BCUT2D eigenvalue weighted by atomic mass is 16.4. The Hall–Kier alpha value is -1.42. The molecule has 0 saturated carbocycles. The Morgan fingerprint density at radius 3 is 2.89 bits per heavy atom. The molecule has 1 aromatic heterocycles. The van der Waals surface area contributed by atoms with Crippen LogP contribution in [0.3, 0.4) is 0 Å². The molecule has 0 bridgehead atoms. The van der Waals surface area contributed by atoms with Crippen LogP contribution in [-0.4, -0.2) is 34.0 Å². The van der Waals surface area contributed by atoms with Gasteiger partial charge >= 0.3 is 5.97 Å². The Balaban J connectivity index is 1.91. The summed E-state index contributed by atoms with van der Waals surface area (Å²) in [6.45, 7) is 5.35. The van der Waals surface area contributed by atoms with Crippen molar-refractivity contribution in [1.29, 1.82) is 0 Å². The van der Waals surface area contributed by atoms with Crippen LogP contribution in [0.5, 0.6) is 0 Å². The molecule has 1 unspecified atom stereocenters. The van der Waals surface area contributed by atoms with Gasteiger partial charge < -0.3 is 5.11 Å². The van der Waals surface area contributed by atoms with Crippen molar-refractivity contribution < 1.29 is 9.90 Å². The van der Waals surface area contributed by atoms with E-state index >= 15 is 0 Å². The van der Waals surface area contributed by atoms with Gasteiger partial charge in [0.2, 0.25) is 0 Å². The summed E-state index contributed by atoms with van der Waals surface area (Å²) in [5.41, 5.74) is 1.21. The molecule has 104 valence electrons. The minimum atomic E-state index is -0.917. The molecule has 0 aromatic carbocycles. The maximum Gasteiger partial charge on any atom is 0.337 e. The summed E-state index contributed by atoms with van der Waals surface area (Å²) in [4.78, 5) is 17.4. The molecule has 4 nitrogen and oxygen atoms in total. The number of carboxylic acid groups (broad SMARTS) is 1. The highest BCUT2D eigenvalue weighted by molar-refractivity contribution is 5.87. The number of aromatic carboxylic acids is 1. The van der Waals surface area contributed by atoms with E-state index in [2.05, 4.69) is 16.8 Å². The van der Waals surface area contributed by atoms with Gasteiger partial charge in [-0.25, -0.2) is 4.79 Å². The molecule has 1 atom stereocenters. The molecular formula is C15H22N2O2.